The van der Waals surface area contributed by atoms with Crippen LogP contribution in [0.1, 0.15) is 50.7 Å². The Labute approximate surface area is 144 Å². The zero-order valence-electron chi connectivity index (χ0n) is 15.2. The summed E-state index contributed by atoms with van der Waals surface area (Å²) in [7, 11) is 0. The number of carbonyl (C=O) groups excluding carboxylic acids is 1. The second-order valence-electron chi connectivity index (χ2n) is 8.76. The first-order valence-electron chi connectivity index (χ1n) is 9.24. The van der Waals surface area contributed by atoms with Crippen molar-refractivity contribution in [3.63, 3.8) is 0 Å². The Morgan fingerprint density at radius 2 is 2.00 bits per heavy atom. The lowest BCUT2D eigenvalue weighted by Gasteiger charge is -2.37. The van der Waals surface area contributed by atoms with E-state index in [0.717, 1.165) is 11.7 Å². The van der Waals surface area contributed by atoms with Gasteiger partial charge in [0.15, 0.2) is 6.61 Å². The highest BCUT2D eigenvalue weighted by atomic mass is 16.6. The van der Waals surface area contributed by atoms with Gasteiger partial charge in [0.25, 0.3) is 0 Å². The fourth-order valence-electron chi connectivity index (χ4n) is 5.63. The molecule has 0 radical (unpaired) electrons. The summed E-state index contributed by atoms with van der Waals surface area (Å²) in [5.41, 5.74) is 2.62. The summed E-state index contributed by atoms with van der Waals surface area (Å²) in [4.78, 5) is 12.4. The maximum Gasteiger partial charge on any atom is 0.344 e. The third-order valence-corrected chi connectivity index (χ3v) is 6.96. The van der Waals surface area contributed by atoms with Crippen LogP contribution in [0.4, 0.5) is 0 Å². The van der Waals surface area contributed by atoms with E-state index < -0.39 is 0 Å². The predicted octanol–water partition coefficient (Wildman–Crippen LogP) is 4.44. The number of rotatable bonds is 4. The lowest BCUT2D eigenvalue weighted by Crippen LogP contribution is -2.41. The lowest BCUT2D eigenvalue weighted by atomic mass is 9.74. The number of carbonyl (C=O) groups is 1. The summed E-state index contributed by atoms with van der Waals surface area (Å²) in [5.74, 6) is 2.39. The molecule has 0 N–H and O–H groups in total. The van der Waals surface area contributed by atoms with E-state index in [1.54, 1.807) is 0 Å². The summed E-state index contributed by atoms with van der Waals surface area (Å²) in [6.07, 6.45) is 5.01. The zero-order chi connectivity index (χ0) is 17.1. The topological polar surface area (TPSA) is 35.5 Å². The number of esters is 1. The summed E-state index contributed by atoms with van der Waals surface area (Å²) in [6, 6.07) is 5.91. The van der Waals surface area contributed by atoms with E-state index in [0.29, 0.717) is 17.3 Å². The molecule has 0 heterocycles. The third-order valence-electron chi connectivity index (χ3n) is 6.96. The van der Waals surface area contributed by atoms with Crippen LogP contribution in [-0.2, 0) is 9.53 Å². The number of ether oxygens (including phenoxy) is 2. The van der Waals surface area contributed by atoms with Gasteiger partial charge in [-0.1, -0.05) is 13.0 Å². The fourth-order valence-corrected chi connectivity index (χ4v) is 5.63. The van der Waals surface area contributed by atoms with Crippen molar-refractivity contribution < 1.29 is 14.3 Å². The minimum Gasteiger partial charge on any atom is -0.482 e. The average Bonchev–Trinajstić information content (AvgIpc) is 3.17. The molecule has 5 atom stereocenters. The van der Waals surface area contributed by atoms with Gasteiger partial charge in [-0.3, -0.25) is 0 Å². The molecule has 3 fully saturated rings. The van der Waals surface area contributed by atoms with Crippen molar-refractivity contribution in [2.75, 3.05) is 6.61 Å². The lowest BCUT2D eigenvalue weighted by molar-refractivity contribution is -0.167. The second kappa shape index (κ2) is 5.24. The van der Waals surface area contributed by atoms with Crippen LogP contribution >= 0.6 is 0 Å². The van der Waals surface area contributed by atoms with E-state index in [1.165, 1.54) is 36.8 Å². The summed E-state index contributed by atoms with van der Waals surface area (Å²) in [6.45, 7) is 8.63. The van der Waals surface area contributed by atoms with E-state index in [2.05, 4.69) is 20.8 Å². The van der Waals surface area contributed by atoms with Crippen molar-refractivity contribution >= 4 is 5.97 Å². The second-order valence-corrected chi connectivity index (χ2v) is 8.76. The first-order valence-corrected chi connectivity index (χ1v) is 9.24. The molecule has 24 heavy (non-hydrogen) atoms. The van der Waals surface area contributed by atoms with Crippen LogP contribution in [0.25, 0.3) is 0 Å². The van der Waals surface area contributed by atoms with E-state index in [-0.39, 0.29) is 18.2 Å². The highest BCUT2D eigenvalue weighted by Gasteiger charge is 2.73. The van der Waals surface area contributed by atoms with Crippen molar-refractivity contribution in [3.8, 4) is 5.75 Å². The third kappa shape index (κ3) is 2.44. The Kier molecular flexibility index (Phi) is 3.49. The van der Waals surface area contributed by atoms with Gasteiger partial charge < -0.3 is 9.47 Å². The van der Waals surface area contributed by atoms with Crippen molar-refractivity contribution in [1.82, 2.24) is 0 Å². The normalized spacial score (nSPS) is 39.2. The Morgan fingerprint density at radius 3 is 2.75 bits per heavy atom. The molecule has 3 aliphatic carbocycles. The first-order chi connectivity index (χ1) is 11.3. The van der Waals surface area contributed by atoms with Gasteiger partial charge >= 0.3 is 5.97 Å². The Hall–Kier alpha value is -1.51. The molecule has 1 spiro atoms. The summed E-state index contributed by atoms with van der Waals surface area (Å²) < 4.78 is 11.7. The van der Waals surface area contributed by atoms with Gasteiger partial charge in [0.05, 0.1) is 0 Å². The Morgan fingerprint density at radius 1 is 1.21 bits per heavy atom. The average molecular weight is 328 g/mol. The van der Waals surface area contributed by atoms with Crippen molar-refractivity contribution in [3.05, 3.63) is 29.3 Å². The van der Waals surface area contributed by atoms with Crippen LogP contribution < -0.4 is 4.74 Å². The van der Waals surface area contributed by atoms with Crippen molar-refractivity contribution in [1.29, 1.82) is 0 Å². The van der Waals surface area contributed by atoms with E-state index in [9.17, 15) is 4.79 Å². The predicted molar refractivity (Wildman–Crippen MR) is 93.0 cm³/mol. The molecule has 0 amide bonds. The molecule has 1 aromatic rings. The van der Waals surface area contributed by atoms with Gasteiger partial charge in [0, 0.05) is 5.92 Å². The SMILES string of the molecule is Cc1ccc(OCC(=O)OC2(C)C3CC(C)CC4(C3)CC42)cc1C. The number of benzene rings is 1. The molecular weight excluding hydrogens is 300 g/mol. The molecule has 0 saturated heterocycles. The molecule has 4 rings (SSSR count). The van der Waals surface area contributed by atoms with Crippen LogP contribution in [0.3, 0.4) is 0 Å². The molecule has 0 aliphatic heterocycles. The van der Waals surface area contributed by atoms with Crippen LogP contribution in [0.15, 0.2) is 18.2 Å². The molecule has 2 bridgehead atoms. The van der Waals surface area contributed by atoms with Gasteiger partial charge in [-0.05, 0) is 87.0 Å². The highest BCUT2D eigenvalue weighted by molar-refractivity contribution is 5.72. The van der Waals surface area contributed by atoms with Crippen molar-refractivity contribution in [2.45, 2.75) is 59.0 Å². The molecule has 3 aliphatic rings. The maximum atomic E-state index is 12.4. The molecule has 5 unspecified atom stereocenters. The van der Waals surface area contributed by atoms with Crippen LogP contribution in [0, 0.1) is 37.0 Å². The first kappa shape index (κ1) is 16.0. The van der Waals surface area contributed by atoms with Crippen LogP contribution in [-0.4, -0.2) is 18.2 Å². The number of aryl methyl sites for hydroxylation is 2. The maximum absolute atomic E-state index is 12.4. The number of fused-ring (bicyclic) bond motifs is 1. The van der Waals surface area contributed by atoms with Gasteiger partial charge in [-0.25, -0.2) is 4.79 Å². The highest BCUT2D eigenvalue weighted by Crippen LogP contribution is 2.76. The summed E-state index contributed by atoms with van der Waals surface area (Å²) >= 11 is 0. The van der Waals surface area contributed by atoms with Gasteiger partial charge in [0.2, 0.25) is 0 Å². The Balaban J connectivity index is 1.39. The monoisotopic (exact) mass is 328 g/mol. The molecule has 3 nitrogen and oxygen atoms in total. The minimum absolute atomic E-state index is 0.0000839. The van der Waals surface area contributed by atoms with Crippen molar-refractivity contribution in [2.24, 2.45) is 23.2 Å². The molecule has 3 saturated carbocycles. The molecule has 1 aromatic carbocycles. The molecular formula is C21H28O3. The van der Waals surface area contributed by atoms with E-state index >= 15 is 0 Å². The van der Waals surface area contributed by atoms with Gasteiger partial charge in [0.1, 0.15) is 11.4 Å². The molecule has 0 aromatic heterocycles. The summed E-state index contributed by atoms with van der Waals surface area (Å²) in [5, 5.41) is 0. The molecule has 130 valence electrons. The smallest absolute Gasteiger partial charge is 0.344 e. The standard InChI is InChI=1S/C21H28O3/c1-13-7-16-10-21(9-13)11-18(21)20(16,4)24-19(22)12-23-17-6-5-14(2)15(3)8-17/h5-6,8,13,16,18H,7,9-12H2,1-4H3. The number of hydrogen-bond donors (Lipinski definition) is 0. The largest absolute Gasteiger partial charge is 0.482 e. The quantitative estimate of drug-likeness (QED) is 0.767. The Bertz CT molecular complexity index is 682. The van der Waals surface area contributed by atoms with Crippen LogP contribution in [0.2, 0.25) is 0 Å². The van der Waals surface area contributed by atoms with Gasteiger partial charge in [-0.15, -0.1) is 0 Å². The van der Waals surface area contributed by atoms with E-state index in [4.69, 9.17) is 9.47 Å². The number of hydrogen-bond acceptors (Lipinski definition) is 3. The minimum atomic E-state index is -0.269. The zero-order valence-corrected chi connectivity index (χ0v) is 15.2. The van der Waals surface area contributed by atoms with Gasteiger partial charge in [-0.2, -0.15) is 0 Å². The fraction of sp³-hybridized carbons (Fsp3) is 0.667. The van der Waals surface area contributed by atoms with E-state index in [1.807, 2.05) is 25.1 Å². The molecule has 3 heteroatoms. The van der Waals surface area contributed by atoms with Crippen LogP contribution in [0.5, 0.6) is 5.75 Å².